The maximum atomic E-state index is 11.2. The van der Waals surface area contributed by atoms with E-state index in [0.717, 1.165) is 45.2 Å². The Balaban J connectivity index is 2.36. The van der Waals surface area contributed by atoms with Crippen LogP contribution in [0.15, 0.2) is 0 Å². The van der Waals surface area contributed by atoms with Crippen LogP contribution in [-0.4, -0.2) is 34.9 Å². The number of primary amides is 1. The van der Waals surface area contributed by atoms with Gasteiger partial charge in [0.05, 0.1) is 11.0 Å². The van der Waals surface area contributed by atoms with Crippen molar-refractivity contribution in [2.45, 2.75) is 38.1 Å². The van der Waals surface area contributed by atoms with Gasteiger partial charge in [-0.1, -0.05) is 18.6 Å². The number of nitrogens with zero attached hydrogens (tertiary/aromatic N) is 1. The summed E-state index contributed by atoms with van der Waals surface area (Å²) >= 11 is 4.81. The Morgan fingerprint density at radius 1 is 1.40 bits per heavy atom. The predicted octanol–water partition coefficient (Wildman–Crippen LogP) is 0.392. The molecule has 4 N–H and O–H groups in total. The van der Waals surface area contributed by atoms with Gasteiger partial charge < -0.3 is 11.5 Å². The summed E-state index contributed by atoms with van der Waals surface area (Å²) in [6, 6.07) is -0.0786. The van der Waals surface area contributed by atoms with Crippen LogP contribution in [0.1, 0.15) is 32.1 Å². The van der Waals surface area contributed by atoms with Crippen molar-refractivity contribution in [3.63, 3.8) is 0 Å². The zero-order valence-electron chi connectivity index (χ0n) is 8.95. The van der Waals surface area contributed by atoms with Gasteiger partial charge in [0.1, 0.15) is 0 Å². The number of amides is 1. The molecule has 0 saturated carbocycles. The number of likely N-dealkylation sites (tertiary alicyclic amines) is 1. The lowest BCUT2D eigenvalue weighted by atomic mass is 10.0. The summed E-state index contributed by atoms with van der Waals surface area (Å²) < 4.78 is 0. The van der Waals surface area contributed by atoms with E-state index >= 15 is 0 Å². The first-order chi connectivity index (χ1) is 7.11. The van der Waals surface area contributed by atoms with Gasteiger partial charge in [-0.3, -0.25) is 9.69 Å². The Morgan fingerprint density at radius 2 is 2.13 bits per heavy atom. The zero-order valence-corrected chi connectivity index (χ0v) is 9.76. The van der Waals surface area contributed by atoms with Gasteiger partial charge in [-0.2, -0.15) is 0 Å². The molecule has 1 fully saturated rings. The molecule has 86 valence electrons. The zero-order chi connectivity index (χ0) is 11.3. The van der Waals surface area contributed by atoms with Crippen LogP contribution in [0, 0.1) is 0 Å². The first kappa shape index (κ1) is 12.4. The molecule has 1 atom stereocenters. The molecule has 0 spiro atoms. The van der Waals surface area contributed by atoms with E-state index in [1.165, 1.54) is 0 Å². The topological polar surface area (TPSA) is 72.4 Å². The number of nitrogens with two attached hydrogens (primary N) is 2. The molecule has 5 heteroatoms. The summed E-state index contributed by atoms with van der Waals surface area (Å²) in [5.74, 6) is -0.204. The van der Waals surface area contributed by atoms with Gasteiger partial charge in [0.15, 0.2) is 0 Å². The highest BCUT2D eigenvalue weighted by molar-refractivity contribution is 7.80. The quantitative estimate of drug-likeness (QED) is 0.669. The third-order valence-corrected chi connectivity index (χ3v) is 3.01. The van der Waals surface area contributed by atoms with E-state index in [-0.39, 0.29) is 11.9 Å². The maximum absolute atomic E-state index is 11.2. The summed E-state index contributed by atoms with van der Waals surface area (Å²) in [5.41, 5.74) is 10.8. The Hall–Kier alpha value is -0.680. The maximum Gasteiger partial charge on any atom is 0.234 e. The minimum atomic E-state index is -0.204. The van der Waals surface area contributed by atoms with Gasteiger partial charge in [0.2, 0.25) is 5.91 Å². The number of carbonyl (C=O) groups excluding carboxylic acids is 1. The monoisotopic (exact) mass is 229 g/mol. The van der Waals surface area contributed by atoms with Crippen LogP contribution in [0.3, 0.4) is 0 Å². The molecule has 0 aromatic carbocycles. The molecule has 1 rings (SSSR count). The second-order valence-corrected chi connectivity index (χ2v) is 4.54. The van der Waals surface area contributed by atoms with Crippen LogP contribution >= 0.6 is 12.2 Å². The van der Waals surface area contributed by atoms with Gasteiger partial charge in [0, 0.05) is 0 Å². The van der Waals surface area contributed by atoms with Crippen molar-refractivity contribution in [1.82, 2.24) is 4.90 Å². The first-order valence-electron chi connectivity index (χ1n) is 5.43. The summed E-state index contributed by atoms with van der Waals surface area (Å²) in [6.07, 6.45) is 4.80. The lowest BCUT2D eigenvalue weighted by molar-refractivity contribution is -0.124. The van der Waals surface area contributed by atoms with Gasteiger partial charge >= 0.3 is 0 Å². The van der Waals surface area contributed by atoms with Crippen molar-refractivity contribution in [2.75, 3.05) is 13.1 Å². The molecule has 0 aliphatic carbocycles. The van der Waals surface area contributed by atoms with Gasteiger partial charge in [-0.05, 0) is 38.8 Å². The summed E-state index contributed by atoms with van der Waals surface area (Å²) in [7, 11) is 0. The molecule has 1 heterocycles. The molecule has 1 unspecified atom stereocenters. The molecule has 0 bridgehead atoms. The Labute approximate surface area is 96.0 Å². The normalized spacial score (nSPS) is 22.5. The van der Waals surface area contributed by atoms with E-state index in [4.69, 9.17) is 23.7 Å². The second kappa shape index (κ2) is 6.02. The van der Waals surface area contributed by atoms with Crippen molar-refractivity contribution in [3.8, 4) is 0 Å². The minimum absolute atomic E-state index is 0.0786. The van der Waals surface area contributed by atoms with Crippen LogP contribution in [-0.2, 0) is 4.79 Å². The molecule has 0 aromatic heterocycles. The molecule has 1 aliphatic rings. The van der Waals surface area contributed by atoms with Crippen LogP contribution in [0.4, 0.5) is 0 Å². The molecule has 0 aromatic rings. The van der Waals surface area contributed by atoms with Crippen LogP contribution in [0.25, 0.3) is 0 Å². The van der Waals surface area contributed by atoms with E-state index in [9.17, 15) is 4.79 Å². The van der Waals surface area contributed by atoms with Crippen molar-refractivity contribution in [1.29, 1.82) is 0 Å². The second-order valence-electron chi connectivity index (χ2n) is 4.02. The molecule has 1 saturated heterocycles. The number of piperidine rings is 1. The van der Waals surface area contributed by atoms with E-state index in [2.05, 4.69) is 4.90 Å². The summed E-state index contributed by atoms with van der Waals surface area (Å²) in [6.45, 7) is 1.83. The van der Waals surface area contributed by atoms with Crippen LogP contribution < -0.4 is 11.5 Å². The molecular weight excluding hydrogens is 210 g/mol. The molecule has 15 heavy (non-hydrogen) atoms. The fourth-order valence-corrected chi connectivity index (χ4v) is 2.18. The number of rotatable bonds is 5. The highest BCUT2D eigenvalue weighted by atomic mass is 32.1. The van der Waals surface area contributed by atoms with E-state index in [0.29, 0.717) is 4.99 Å². The minimum Gasteiger partial charge on any atom is -0.393 e. The number of thiocarbonyl (C=S) groups is 1. The summed E-state index contributed by atoms with van der Waals surface area (Å²) in [5, 5.41) is 0. The fourth-order valence-electron chi connectivity index (χ4n) is 2.04. The standard InChI is InChI=1S/C10H19N3OS/c11-9(15)5-3-7-13-6-2-1-4-8(13)10(12)14/h8H,1-7H2,(H2,11,15)(H2,12,14). The molecular formula is C10H19N3OS. The average Bonchev–Trinajstić information content (AvgIpc) is 2.17. The van der Waals surface area contributed by atoms with Crippen molar-refractivity contribution < 1.29 is 4.79 Å². The number of hydrogen-bond acceptors (Lipinski definition) is 3. The van der Waals surface area contributed by atoms with E-state index in [1.807, 2.05) is 0 Å². The number of hydrogen-bond donors (Lipinski definition) is 2. The predicted molar refractivity (Wildman–Crippen MR) is 64.4 cm³/mol. The Morgan fingerprint density at radius 3 is 2.73 bits per heavy atom. The SMILES string of the molecule is NC(=O)C1CCCCN1CCCC(N)=S. The van der Waals surface area contributed by atoms with Crippen LogP contribution in [0.2, 0.25) is 0 Å². The van der Waals surface area contributed by atoms with Crippen LogP contribution in [0.5, 0.6) is 0 Å². The largest absolute Gasteiger partial charge is 0.393 e. The van der Waals surface area contributed by atoms with Crippen molar-refractivity contribution in [2.24, 2.45) is 11.5 Å². The Kier molecular flexibility index (Phi) is 4.98. The molecule has 0 radical (unpaired) electrons. The molecule has 1 aliphatic heterocycles. The fraction of sp³-hybridized carbons (Fsp3) is 0.800. The average molecular weight is 229 g/mol. The Bertz CT molecular complexity index is 245. The van der Waals surface area contributed by atoms with E-state index in [1.54, 1.807) is 0 Å². The molecule has 1 amide bonds. The van der Waals surface area contributed by atoms with Crippen molar-refractivity contribution in [3.05, 3.63) is 0 Å². The highest BCUT2D eigenvalue weighted by Gasteiger charge is 2.25. The van der Waals surface area contributed by atoms with Gasteiger partial charge in [0.25, 0.3) is 0 Å². The smallest absolute Gasteiger partial charge is 0.234 e. The van der Waals surface area contributed by atoms with Gasteiger partial charge in [-0.25, -0.2) is 0 Å². The third kappa shape index (κ3) is 4.13. The lowest BCUT2D eigenvalue weighted by Gasteiger charge is -2.33. The highest BCUT2D eigenvalue weighted by Crippen LogP contribution is 2.17. The summed E-state index contributed by atoms with van der Waals surface area (Å²) in [4.78, 5) is 13.9. The number of carbonyl (C=O) groups is 1. The lowest BCUT2D eigenvalue weighted by Crippen LogP contribution is -2.48. The van der Waals surface area contributed by atoms with E-state index < -0.39 is 0 Å². The first-order valence-corrected chi connectivity index (χ1v) is 5.83. The third-order valence-electron chi connectivity index (χ3n) is 2.81. The molecule has 4 nitrogen and oxygen atoms in total. The van der Waals surface area contributed by atoms with Crippen molar-refractivity contribution >= 4 is 23.1 Å². The van der Waals surface area contributed by atoms with Gasteiger partial charge in [-0.15, -0.1) is 0 Å².